The second kappa shape index (κ2) is 3.65. The van der Waals surface area contributed by atoms with Gasteiger partial charge in [-0.3, -0.25) is 0 Å². The Hall–Kier alpha value is 0.470. The Balaban J connectivity index is 3.22. The molecule has 0 saturated carbocycles. The van der Waals surface area contributed by atoms with E-state index in [0.717, 1.165) is 0 Å². The van der Waals surface area contributed by atoms with Gasteiger partial charge in [0.15, 0.2) is 0 Å². The highest BCUT2D eigenvalue weighted by molar-refractivity contribution is 14.1. The van der Waals surface area contributed by atoms with Crippen LogP contribution in [0.2, 0.25) is 0 Å². The van der Waals surface area contributed by atoms with Gasteiger partial charge in [0.25, 0.3) is 0 Å². The van der Waals surface area contributed by atoms with Gasteiger partial charge in [-0.05, 0) is 17.4 Å². The van der Waals surface area contributed by atoms with Crippen LogP contribution in [0.1, 0.15) is 20.3 Å². The lowest BCUT2D eigenvalue weighted by Crippen LogP contribution is -1.62. The summed E-state index contributed by atoms with van der Waals surface area (Å²) in [7, 11) is 0. The molecule has 0 heterocycles. The molecule has 36 valence electrons. The summed E-state index contributed by atoms with van der Waals surface area (Å²) >= 11 is 2.25. The average molecular weight is 196 g/mol. The van der Waals surface area contributed by atoms with Crippen molar-refractivity contribution in [2.24, 2.45) is 0 Å². The van der Waals surface area contributed by atoms with Gasteiger partial charge in [0.2, 0.25) is 0 Å². The highest BCUT2D eigenvalue weighted by Gasteiger charge is 1.74. The Kier molecular flexibility index (Phi) is 3.94. The number of allylic oxidation sites excluding steroid dienone is 1. The van der Waals surface area contributed by atoms with Gasteiger partial charge in [-0.25, -0.2) is 0 Å². The van der Waals surface area contributed by atoms with E-state index in [4.69, 9.17) is 0 Å². The van der Waals surface area contributed by atoms with E-state index in [1.54, 1.807) is 0 Å². The van der Waals surface area contributed by atoms with Crippen molar-refractivity contribution in [1.29, 1.82) is 0 Å². The molecular weight excluding hydrogens is 187 g/mol. The summed E-state index contributed by atoms with van der Waals surface area (Å²) in [5.74, 6) is 0. The summed E-state index contributed by atoms with van der Waals surface area (Å²) < 4.78 is 2.11. The van der Waals surface area contributed by atoms with Crippen molar-refractivity contribution < 1.29 is 0 Å². The van der Waals surface area contributed by atoms with E-state index in [2.05, 4.69) is 40.5 Å². The van der Waals surface area contributed by atoms with Crippen LogP contribution >= 0.6 is 22.6 Å². The minimum atomic E-state index is 1.18. The molecule has 0 bridgehead atoms. The van der Waals surface area contributed by atoms with Gasteiger partial charge in [-0.2, -0.15) is 0 Å². The molecule has 0 radical (unpaired) electrons. The summed E-state index contributed by atoms with van der Waals surface area (Å²) in [5, 5.41) is 0. The van der Waals surface area contributed by atoms with E-state index >= 15 is 0 Å². The van der Waals surface area contributed by atoms with Gasteiger partial charge in [0.05, 0.1) is 0 Å². The molecule has 0 aromatic heterocycles. The van der Waals surface area contributed by atoms with Crippen molar-refractivity contribution >= 4 is 22.6 Å². The van der Waals surface area contributed by atoms with Gasteiger partial charge < -0.3 is 0 Å². The van der Waals surface area contributed by atoms with Crippen LogP contribution in [-0.4, -0.2) is 0 Å². The third-order valence-electron chi connectivity index (χ3n) is 0.744. The SMILES string of the molecule is CC/C(C)=C\I. The maximum Gasteiger partial charge on any atom is -0.0245 e. The standard InChI is InChI=1S/C5H9I/c1-3-5(2)4-6/h4H,3H2,1-2H3/b5-4-. The third kappa shape index (κ3) is 2.69. The van der Waals surface area contributed by atoms with Crippen LogP contribution in [0.4, 0.5) is 0 Å². The van der Waals surface area contributed by atoms with Crippen molar-refractivity contribution in [2.45, 2.75) is 20.3 Å². The van der Waals surface area contributed by atoms with Crippen molar-refractivity contribution in [2.75, 3.05) is 0 Å². The molecule has 6 heavy (non-hydrogen) atoms. The lowest BCUT2D eigenvalue weighted by Gasteiger charge is -1.83. The zero-order valence-corrected chi connectivity index (χ0v) is 6.32. The molecule has 0 aliphatic carbocycles. The molecule has 0 fully saturated rings. The summed E-state index contributed by atoms with van der Waals surface area (Å²) in [6.07, 6.45) is 1.18. The van der Waals surface area contributed by atoms with Crippen LogP contribution < -0.4 is 0 Å². The molecule has 0 aromatic rings. The lowest BCUT2D eigenvalue weighted by molar-refractivity contribution is 1.11. The van der Waals surface area contributed by atoms with Crippen LogP contribution in [0.25, 0.3) is 0 Å². The Morgan fingerprint density at radius 1 is 1.83 bits per heavy atom. The van der Waals surface area contributed by atoms with Crippen molar-refractivity contribution in [3.8, 4) is 0 Å². The maximum absolute atomic E-state index is 2.25. The molecule has 0 nitrogen and oxygen atoms in total. The zero-order chi connectivity index (χ0) is 4.99. The van der Waals surface area contributed by atoms with Crippen molar-refractivity contribution in [1.82, 2.24) is 0 Å². The quantitative estimate of drug-likeness (QED) is 0.565. The molecule has 0 saturated heterocycles. The first kappa shape index (κ1) is 6.47. The van der Waals surface area contributed by atoms with Crippen LogP contribution in [0, 0.1) is 0 Å². The van der Waals surface area contributed by atoms with E-state index < -0.39 is 0 Å². The Labute approximate surface area is 52.8 Å². The summed E-state index contributed by atoms with van der Waals surface area (Å²) in [4.78, 5) is 0. The van der Waals surface area contributed by atoms with Crippen molar-refractivity contribution in [3.05, 3.63) is 9.66 Å². The normalized spacial score (nSPS) is 12.2. The van der Waals surface area contributed by atoms with Gasteiger partial charge >= 0.3 is 0 Å². The summed E-state index contributed by atoms with van der Waals surface area (Å²) in [6.45, 7) is 4.29. The molecule has 0 amide bonds. The Morgan fingerprint density at radius 2 is 2.33 bits per heavy atom. The van der Waals surface area contributed by atoms with Crippen LogP contribution in [0.15, 0.2) is 9.66 Å². The molecule has 0 N–H and O–H groups in total. The fourth-order valence-electron chi connectivity index (χ4n) is 0.0772. The minimum absolute atomic E-state index is 1.18. The topological polar surface area (TPSA) is 0 Å². The molecule has 0 spiro atoms. The van der Waals surface area contributed by atoms with Gasteiger partial charge in [-0.1, -0.05) is 35.1 Å². The van der Waals surface area contributed by atoms with Gasteiger partial charge in [0.1, 0.15) is 0 Å². The van der Waals surface area contributed by atoms with Crippen LogP contribution in [0.3, 0.4) is 0 Å². The molecule has 0 aliphatic heterocycles. The highest BCUT2D eigenvalue weighted by atomic mass is 127. The maximum atomic E-state index is 2.25. The molecule has 0 aromatic carbocycles. The number of hydrogen-bond donors (Lipinski definition) is 0. The molecule has 0 rings (SSSR count). The average Bonchev–Trinajstić information content (AvgIpc) is 1.65. The summed E-state index contributed by atoms with van der Waals surface area (Å²) in [6, 6.07) is 0. The van der Waals surface area contributed by atoms with Gasteiger partial charge in [-0.15, -0.1) is 0 Å². The molecule has 0 atom stereocenters. The lowest BCUT2D eigenvalue weighted by atomic mass is 10.3. The smallest absolute Gasteiger partial charge is 0.0245 e. The Morgan fingerprint density at radius 3 is 2.33 bits per heavy atom. The van der Waals surface area contributed by atoms with Crippen LogP contribution in [0.5, 0.6) is 0 Å². The first-order valence-corrected chi connectivity index (χ1v) is 3.31. The van der Waals surface area contributed by atoms with E-state index in [-0.39, 0.29) is 0 Å². The Bertz CT molecular complexity index is 55.0. The fourth-order valence-corrected chi connectivity index (χ4v) is 0.518. The second-order valence-electron chi connectivity index (χ2n) is 1.31. The second-order valence-corrected chi connectivity index (χ2v) is 1.93. The zero-order valence-electron chi connectivity index (χ0n) is 4.16. The highest BCUT2D eigenvalue weighted by Crippen LogP contribution is 2.00. The molecule has 0 unspecified atom stereocenters. The number of hydrogen-bond acceptors (Lipinski definition) is 0. The first-order valence-electron chi connectivity index (χ1n) is 2.07. The predicted octanol–water partition coefficient (Wildman–Crippen LogP) is 2.74. The molecular formula is C5H9I. The molecule has 0 aliphatic rings. The predicted molar refractivity (Wildman–Crippen MR) is 38.1 cm³/mol. The fraction of sp³-hybridized carbons (Fsp3) is 0.600. The number of halogens is 1. The monoisotopic (exact) mass is 196 g/mol. The van der Waals surface area contributed by atoms with E-state index in [9.17, 15) is 0 Å². The van der Waals surface area contributed by atoms with Crippen molar-refractivity contribution in [3.63, 3.8) is 0 Å². The van der Waals surface area contributed by atoms with E-state index in [1.165, 1.54) is 12.0 Å². The largest absolute Gasteiger partial charge is 0.0675 e. The third-order valence-corrected chi connectivity index (χ3v) is 1.81. The van der Waals surface area contributed by atoms with E-state index in [0.29, 0.717) is 0 Å². The number of rotatable bonds is 1. The summed E-state index contributed by atoms with van der Waals surface area (Å²) in [5.41, 5.74) is 1.45. The van der Waals surface area contributed by atoms with Crippen LogP contribution in [-0.2, 0) is 0 Å². The molecule has 1 heteroatoms. The van der Waals surface area contributed by atoms with E-state index in [1.807, 2.05) is 0 Å². The minimum Gasteiger partial charge on any atom is -0.0675 e. The first-order chi connectivity index (χ1) is 2.81. The van der Waals surface area contributed by atoms with Gasteiger partial charge in [0, 0.05) is 0 Å².